The van der Waals surface area contributed by atoms with E-state index in [0.717, 1.165) is 75.5 Å². The third-order valence-corrected chi connectivity index (χ3v) is 7.62. The Morgan fingerprint density at radius 1 is 0.533 bits per heavy atom. The van der Waals surface area contributed by atoms with Crippen molar-refractivity contribution in [3.63, 3.8) is 0 Å². The summed E-state index contributed by atoms with van der Waals surface area (Å²) in [5.41, 5.74) is 4.41. The first-order chi connectivity index (χ1) is 14.4. The van der Waals surface area contributed by atoms with E-state index in [4.69, 9.17) is 18.9 Å². The highest BCUT2D eigenvalue weighted by Crippen LogP contribution is 2.40. The van der Waals surface area contributed by atoms with Crippen molar-refractivity contribution in [1.82, 2.24) is 0 Å². The monoisotopic (exact) mass is 800 g/mol. The van der Waals surface area contributed by atoms with Crippen LogP contribution in [-0.2, 0) is 21.3 Å². The highest BCUT2D eigenvalue weighted by atomic mass is 79.9. The van der Waals surface area contributed by atoms with Gasteiger partial charge in [0.15, 0.2) is 0 Å². The van der Waals surface area contributed by atoms with Crippen molar-refractivity contribution in [1.29, 1.82) is 0 Å². The van der Waals surface area contributed by atoms with Gasteiger partial charge in [-0.2, -0.15) is 0 Å². The van der Waals surface area contributed by atoms with Crippen molar-refractivity contribution in [2.75, 3.05) is 28.4 Å². The Labute approximate surface area is 228 Å². The van der Waals surface area contributed by atoms with Crippen molar-refractivity contribution in [3.8, 4) is 23.0 Å². The first kappa shape index (κ1) is 28.6. The summed E-state index contributed by atoms with van der Waals surface area (Å²) < 4.78 is 23.2. The zero-order valence-electron chi connectivity index (χ0n) is 16.9. The lowest BCUT2D eigenvalue weighted by atomic mass is 10.1. The van der Waals surface area contributed by atoms with E-state index >= 15 is 0 Å². The molecule has 0 fully saturated rings. The molecule has 0 saturated heterocycles. The molecule has 30 heavy (non-hydrogen) atoms. The van der Waals surface area contributed by atoms with E-state index in [1.165, 1.54) is 0 Å². The van der Waals surface area contributed by atoms with Crippen LogP contribution in [0.2, 0.25) is 0 Å². The van der Waals surface area contributed by atoms with Gasteiger partial charge in [0.05, 0.1) is 37.4 Å². The van der Waals surface area contributed by atoms with Gasteiger partial charge < -0.3 is 18.9 Å². The molecule has 0 saturated carbocycles. The molecule has 0 spiro atoms. The first-order valence-electron chi connectivity index (χ1n) is 8.47. The summed E-state index contributed by atoms with van der Waals surface area (Å²) in [6, 6.07) is 3.84. The summed E-state index contributed by atoms with van der Waals surface area (Å²) in [4.78, 5) is 0. The number of rotatable bonds is 8. The maximum absolute atomic E-state index is 5.36. The molecule has 0 unspecified atom stereocenters. The molecule has 0 radical (unpaired) electrons. The molecule has 168 valence electrons. The topological polar surface area (TPSA) is 36.9 Å². The molecule has 0 N–H and O–H groups in total. The maximum atomic E-state index is 5.36. The molecule has 2 rings (SSSR count). The lowest BCUT2D eigenvalue weighted by Gasteiger charge is -2.16. The number of hydrogen-bond donors (Lipinski definition) is 0. The Kier molecular flexibility index (Phi) is 13.9. The summed E-state index contributed by atoms with van der Waals surface area (Å²) in [5.74, 6) is 3.41. The highest BCUT2D eigenvalue weighted by Gasteiger charge is 2.17. The van der Waals surface area contributed by atoms with Gasteiger partial charge in [0, 0.05) is 43.6 Å². The van der Waals surface area contributed by atoms with Gasteiger partial charge in [-0.25, -0.2) is 0 Å². The summed E-state index contributed by atoms with van der Waals surface area (Å²) in [7, 11) is 6.66. The fourth-order valence-electron chi connectivity index (χ4n) is 2.78. The molecule has 2 aromatic carbocycles. The Hall–Kier alpha value is 0.520. The van der Waals surface area contributed by atoms with Gasteiger partial charge in [0.25, 0.3) is 0 Å². The van der Waals surface area contributed by atoms with E-state index in [9.17, 15) is 0 Å². The van der Waals surface area contributed by atoms with E-state index in [-0.39, 0.29) is 0 Å². The van der Waals surface area contributed by atoms with Gasteiger partial charge in [-0.05, 0) is 44.0 Å². The maximum Gasteiger partial charge on any atom is 0.137 e. The van der Waals surface area contributed by atoms with Crippen molar-refractivity contribution in [3.05, 3.63) is 43.3 Å². The molecular formula is C20H22Br6O4. The molecule has 0 bridgehead atoms. The average molecular weight is 806 g/mol. The number of halogens is 6. The Morgan fingerprint density at radius 2 is 0.833 bits per heavy atom. The minimum absolute atomic E-state index is 0.729. The molecule has 0 atom stereocenters. The van der Waals surface area contributed by atoms with Crippen molar-refractivity contribution in [2.24, 2.45) is 0 Å². The summed E-state index contributed by atoms with van der Waals surface area (Å²) >= 11 is 20.8. The average Bonchev–Trinajstić information content (AvgIpc) is 2.77. The molecule has 2 aromatic rings. The summed E-state index contributed by atoms with van der Waals surface area (Å²) in [5, 5.41) is 2.93. The van der Waals surface area contributed by atoms with Gasteiger partial charge in [0.2, 0.25) is 0 Å². The van der Waals surface area contributed by atoms with Crippen LogP contribution in [0.5, 0.6) is 23.0 Å². The van der Waals surface area contributed by atoms with Gasteiger partial charge in [0.1, 0.15) is 23.0 Å². The fraction of sp³-hybridized carbons (Fsp3) is 0.400. The van der Waals surface area contributed by atoms with Crippen LogP contribution in [0.15, 0.2) is 21.1 Å². The van der Waals surface area contributed by atoms with Crippen LogP contribution >= 0.6 is 95.6 Å². The van der Waals surface area contributed by atoms with E-state index in [1.807, 2.05) is 12.1 Å². The van der Waals surface area contributed by atoms with E-state index in [0.29, 0.717) is 0 Å². The Bertz CT molecular complexity index is 776. The molecule has 0 amide bonds. The molecule has 4 nitrogen and oxygen atoms in total. The number of methoxy groups -OCH3 is 4. The smallest absolute Gasteiger partial charge is 0.137 e. The van der Waals surface area contributed by atoms with Crippen LogP contribution in [-0.4, -0.2) is 28.4 Å². The van der Waals surface area contributed by atoms with Crippen molar-refractivity contribution < 1.29 is 18.9 Å². The van der Waals surface area contributed by atoms with E-state index in [2.05, 4.69) is 95.6 Å². The number of alkyl halides is 4. The quantitative estimate of drug-likeness (QED) is 0.251. The molecule has 0 aromatic heterocycles. The van der Waals surface area contributed by atoms with E-state index in [1.54, 1.807) is 28.4 Å². The van der Waals surface area contributed by atoms with Crippen LogP contribution in [0.3, 0.4) is 0 Å². The first-order valence-corrected chi connectivity index (χ1v) is 14.5. The number of ether oxygens (including phenoxy) is 4. The molecule has 10 heteroatoms. The zero-order chi connectivity index (χ0) is 22.8. The van der Waals surface area contributed by atoms with Crippen LogP contribution in [0, 0.1) is 0 Å². The van der Waals surface area contributed by atoms with Crippen molar-refractivity contribution in [2.45, 2.75) is 21.3 Å². The molecule has 0 aliphatic carbocycles. The van der Waals surface area contributed by atoms with Gasteiger partial charge >= 0.3 is 0 Å². The second kappa shape index (κ2) is 14.6. The SMILES string of the molecule is COc1cc(Br)c(OC)c(CBr)c1CBr.COc1cc(Br)c(OC)c(CBr)c1CBr. The number of benzene rings is 2. The highest BCUT2D eigenvalue weighted by molar-refractivity contribution is 9.11. The molecular weight excluding hydrogens is 784 g/mol. The summed E-state index contributed by atoms with van der Waals surface area (Å²) in [6.45, 7) is 0. The van der Waals surface area contributed by atoms with Gasteiger partial charge in [-0.15, -0.1) is 0 Å². The van der Waals surface area contributed by atoms with E-state index < -0.39 is 0 Å². The minimum atomic E-state index is 0.729. The second-order valence-electron chi connectivity index (χ2n) is 5.64. The fourth-order valence-corrected chi connectivity index (χ4v) is 6.41. The predicted octanol–water partition coefficient (Wildman–Crippen LogP) is 8.51. The van der Waals surface area contributed by atoms with Crippen LogP contribution < -0.4 is 18.9 Å². The van der Waals surface area contributed by atoms with Crippen LogP contribution in [0.4, 0.5) is 0 Å². The second-order valence-corrected chi connectivity index (χ2v) is 9.59. The lowest BCUT2D eigenvalue weighted by molar-refractivity contribution is 0.395. The molecule has 0 heterocycles. The standard InChI is InChI=1S/2C10H11Br3O2/c2*1-14-9-3-8(13)10(15-2)7(5-12)6(9)4-11/h2*3H,4-5H2,1-2H3. The van der Waals surface area contributed by atoms with Gasteiger partial charge in [-0.3, -0.25) is 0 Å². The zero-order valence-corrected chi connectivity index (χ0v) is 26.4. The molecule has 0 aliphatic heterocycles. The number of hydrogen-bond acceptors (Lipinski definition) is 4. The normalized spacial score (nSPS) is 10.2. The Morgan fingerprint density at radius 3 is 1.03 bits per heavy atom. The largest absolute Gasteiger partial charge is 0.496 e. The van der Waals surface area contributed by atoms with Crippen LogP contribution in [0.25, 0.3) is 0 Å². The lowest BCUT2D eigenvalue weighted by Crippen LogP contribution is -1.99. The third-order valence-electron chi connectivity index (χ3n) is 4.20. The van der Waals surface area contributed by atoms with Crippen molar-refractivity contribution >= 4 is 95.6 Å². The van der Waals surface area contributed by atoms with Crippen LogP contribution in [0.1, 0.15) is 22.3 Å². The van der Waals surface area contributed by atoms with Gasteiger partial charge in [-0.1, -0.05) is 63.7 Å². The summed E-state index contributed by atoms with van der Waals surface area (Å²) in [6.07, 6.45) is 0. The Balaban J connectivity index is 0.000000300. The minimum Gasteiger partial charge on any atom is -0.496 e. The third kappa shape index (κ3) is 6.76. The molecule has 0 aliphatic rings. The predicted molar refractivity (Wildman–Crippen MR) is 145 cm³/mol.